The number of halogens is 3. The van der Waals surface area contributed by atoms with Crippen LogP contribution in [-0.4, -0.2) is 40.5 Å². The Morgan fingerprint density at radius 2 is 1.91 bits per heavy atom. The number of carbonyl (C=O) groups excluding carboxylic acids is 1. The predicted octanol–water partition coefficient (Wildman–Crippen LogP) is 5.54. The van der Waals surface area contributed by atoms with Crippen molar-refractivity contribution in [2.24, 2.45) is 0 Å². The van der Waals surface area contributed by atoms with Gasteiger partial charge in [-0.05, 0) is 44.9 Å². The summed E-state index contributed by atoms with van der Waals surface area (Å²) < 4.78 is 37.6. The van der Waals surface area contributed by atoms with Crippen LogP contribution >= 0.6 is 11.6 Å². The first-order chi connectivity index (χ1) is 15.8. The van der Waals surface area contributed by atoms with E-state index in [2.05, 4.69) is 0 Å². The zero-order valence-electron chi connectivity index (χ0n) is 19.5. The number of nitrogens with one attached hydrogen (secondary N) is 1. The van der Waals surface area contributed by atoms with E-state index in [0.29, 0.717) is 6.08 Å². The molecule has 1 aromatic carbocycles. The van der Waals surface area contributed by atoms with Crippen LogP contribution in [0.1, 0.15) is 45.7 Å². The number of carbonyl (C=O) groups is 1. The average molecular weight is 497 g/mol. The summed E-state index contributed by atoms with van der Waals surface area (Å²) in [7, 11) is 1.36. The summed E-state index contributed by atoms with van der Waals surface area (Å²) >= 11 is 6.13. The van der Waals surface area contributed by atoms with Crippen LogP contribution in [0, 0.1) is 5.41 Å². The fourth-order valence-corrected chi connectivity index (χ4v) is 3.43. The average Bonchev–Trinajstić information content (AvgIpc) is 2.73. The molecule has 7 nitrogen and oxygen atoms in total. The number of ether oxygens (including phenoxy) is 2. The highest BCUT2D eigenvalue weighted by molar-refractivity contribution is 6.31. The number of rotatable bonds is 8. The number of nitrogens with zero attached hydrogens (tertiary/aromatic N) is 1. The molecule has 0 amide bonds. The van der Waals surface area contributed by atoms with Gasteiger partial charge in [-0.2, -0.15) is 0 Å². The van der Waals surface area contributed by atoms with Gasteiger partial charge in [0.15, 0.2) is 5.76 Å². The molecule has 1 heterocycles. The highest BCUT2D eigenvalue weighted by atomic mass is 35.5. The minimum atomic E-state index is -3.15. The standard InChI is InChI=1S/C24H27ClF2N2O5/c1-6-18(23(32)34-24(2,3)4)29-12-20(33-5)16(10-21(29)31)15-9-13(25)7-8-14(15)17(28)11-19(30)22(26)27/h7-12,18,22,28,30H,6H2,1-5H3/b19-11-,28-17?. The molecule has 0 aliphatic heterocycles. The highest BCUT2D eigenvalue weighted by Gasteiger charge is 2.27. The topological polar surface area (TPSA) is 102 Å². The van der Waals surface area contributed by atoms with Gasteiger partial charge >= 0.3 is 5.97 Å². The number of esters is 1. The third-order valence-corrected chi connectivity index (χ3v) is 4.98. The number of aromatic nitrogens is 1. The van der Waals surface area contributed by atoms with Crippen LogP contribution in [0.3, 0.4) is 0 Å². The minimum Gasteiger partial charge on any atom is -0.506 e. The van der Waals surface area contributed by atoms with E-state index in [9.17, 15) is 23.5 Å². The van der Waals surface area contributed by atoms with Gasteiger partial charge in [0.25, 0.3) is 12.0 Å². The summed E-state index contributed by atoms with van der Waals surface area (Å²) in [5.74, 6) is -1.67. The summed E-state index contributed by atoms with van der Waals surface area (Å²) in [6.07, 6.45) is -0.882. The second-order valence-corrected chi connectivity index (χ2v) is 8.87. The molecule has 0 spiro atoms. The van der Waals surface area contributed by atoms with Crippen LogP contribution in [0.4, 0.5) is 8.78 Å². The van der Waals surface area contributed by atoms with Crippen molar-refractivity contribution in [3.8, 4) is 16.9 Å². The molecule has 0 radical (unpaired) electrons. The van der Waals surface area contributed by atoms with Crippen LogP contribution in [0.25, 0.3) is 11.1 Å². The largest absolute Gasteiger partial charge is 0.506 e. The maximum absolute atomic E-state index is 13.0. The van der Waals surface area contributed by atoms with Gasteiger partial charge in [0.1, 0.15) is 17.4 Å². The zero-order valence-corrected chi connectivity index (χ0v) is 20.2. The number of hydrogen-bond acceptors (Lipinski definition) is 6. The second kappa shape index (κ2) is 10.8. The Morgan fingerprint density at radius 1 is 1.26 bits per heavy atom. The summed E-state index contributed by atoms with van der Waals surface area (Å²) in [4.78, 5) is 25.7. The lowest BCUT2D eigenvalue weighted by atomic mass is 9.96. The first kappa shape index (κ1) is 27.0. The van der Waals surface area contributed by atoms with Gasteiger partial charge in [-0.25, -0.2) is 13.6 Å². The molecule has 10 heteroatoms. The molecule has 34 heavy (non-hydrogen) atoms. The van der Waals surface area contributed by atoms with Crippen LogP contribution in [0.15, 0.2) is 47.1 Å². The number of aliphatic hydroxyl groups excluding tert-OH is 1. The lowest BCUT2D eigenvalue weighted by Crippen LogP contribution is -2.34. The molecule has 1 atom stereocenters. The number of hydrogen-bond donors (Lipinski definition) is 2. The van der Waals surface area contributed by atoms with Gasteiger partial charge in [-0.1, -0.05) is 24.6 Å². The Kier molecular flexibility index (Phi) is 8.61. The molecule has 0 aliphatic carbocycles. The van der Waals surface area contributed by atoms with Crippen molar-refractivity contribution in [1.82, 2.24) is 4.57 Å². The lowest BCUT2D eigenvalue weighted by molar-refractivity contribution is -0.159. The number of alkyl halides is 2. The van der Waals surface area contributed by atoms with Crippen molar-refractivity contribution in [3.63, 3.8) is 0 Å². The Bertz CT molecular complexity index is 1170. The number of benzene rings is 1. The second-order valence-electron chi connectivity index (χ2n) is 8.43. The molecule has 0 fully saturated rings. The number of pyridine rings is 1. The van der Waals surface area contributed by atoms with Crippen molar-refractivity contribution >= 4 is 23.3 Å². The van der Waals surface area contributed by atoms with E-state index in [-0.39, 0.29) is 33.9 Å². The Hall–Kier alpha value is -3.20. The quantitative estimate of drug-likeness (QED) is 0.283. The minimum absolute atomic E-state index is 0.131. The molecule has 1 aromatic heterocycles. The molecular formula is C24H27ClF2N2O5. The smallest absolute Gasteiger partial charge is 0.329 e. The van der Waals surface area contributed by atoms with Crippen molar-refractivity contribution in [1.29, 1.82) is 5.41 Å². The first-order valence-electron chi connectivity index (χ1n) is 10.4. The monoisotopic (exact) mass is 496 g/mol. The first-order valence-corrected chi connectivity index (χ1v) is 10.8. The van der Waals surface area contributed by atoms with Gasteiger partial charge in [0.2, 0.25) is 0 Å². The maximum atomic E-state index is 13.0. The molecular weight excluding hydrogens is 470 g/mol. The molecule has 0 bridgehead atoms. The zero-order chi connectivity index (χ0) is 25.8. The molecule has 2 N–H and O–H groups in total. The molecule has 184 valence electrons. The molecule has 1 unspecified atom stereocenters. The summed E-state index contributed by atoms with van der Waals surface area (Å²) in [6, 6.07) is 4.62. The lowest BCUT2D eigenvalue weighted by Gasteiger charge is -2.25. The number of methoxy groups -OCH3 is 1. The normalized spacial score (nSPS) is 13.0. The van der Waals surface area contributed by atoms with Crippen molar-refractivity contribution in [2.75, 3.05) is 7.11 Å². The van der Waals surface area contributed by atoms with Crippen molar-refractivity contribution in [2.45, 2.75) is 52.2 Å². The van der Waals surface area contributed by atoms with E-state index in [1.165, 1.54) is 42.1 Å². The molecule has 0 aliphatic rings. The molecule has 0 saturated carbocycles. The number of allylic oxidation sites excluding steroid dienone is 2. The molecule has 2 rings (SSSR count). The van der Waals surface area contributed by atoms with E-state index in [1.807, 2.05) is 0 Å². The summed E-state index contributed by atoms with van der Waals surface area (Å²) in [5, 5.41) is 17.8. The molecule has 0 saturated heterocycles. The SMILES string of the molecule is CCC(C(=O)OC(C)(C)C)n1cc(OC)c(-c2cc(Cl)ccc2C(=N)/C=C(\O)C(F)F)cc1=O. The Balaban J connectivity index is 2.67. The fourth-order valence-electron chi connectivity index (χ4n) is 3.25. The van der Waals surface area contributed by atoms with Crippen LogP contribution < -0.4 is 10.3 Å². The van der Waals surface area contributed by atoms with E-state index in [1.54, 1.807) is 27.7 Å². The van der Waals surface area contributed by atoms with Crippen molar-refractivity contribution in [3.05, 3.63) is 63.2 Å². The van der Waals surface area contributed by atoms with Crippen molar-refractivity contribution < 1.29 is 28.2 Å². The fraction of sp³-hybridized carbons (Fsp3) is 0.375. The van der Waals surface area contributed by atoms with E-state index in [4.69, 9.17) is 26.5 Å². The third kappa shape index (κ3) is 6.44. The van der Waals surface area contributed by atoms with Gasteiger partial charge < -0.3 is 20.0 Å². The van der Waals surface area contributed by atoms with Gasteiger partial charge in [-0.15, -0.1) is 0 Å². The van der Waals surface area contributed by atoms with Gasteiger partial charge in [0.05, 0.1) is 19.0 Å². The van der Waals surface area contributed by atoms with Gasteiger partial charge in [-0.3, -0.25) is 9.36 Å². The Labute approximate surface area is 201 Å². The third-order valence-electron chi connectivity index (χ3n) is 4.74. The summed E-state index contributed by atoms with van der Waals surface area (Å²) in [6.45, 7) is 6.90. The van der Waals surface area contributed by atoms with Crippen LogP contribution in [0.5, 0.6) is 5.75 Å². The van der Waals surface area contributed by atoms with E-state index >= 15 is 0 Å². The Morgan fingerprint density at radius 3 is 2.44 bits per heavy atom. The van der Waals surface area contributed by atoms with E-state index < -0.39 is 41.1 Å². The highest BCUT2D eigenvalue weighted by Crippen LogP contribution is 2.34. The molecule has 2 aromatic rings. The maximum Gasteiger partial charge on any atom is 0.329 e. The number of aliphatic hydroxyl groups is 1. The van der Waals surface area contributed by atoms with E-state index in [0.717, 1.165) is 0 Å². The van der Waals surface area contributed by atoms with Gasteiger partial charge in [0, 0.05) is 28.3 Å². The predicted molar refractivity (Wildman–Crippen MR) is 126 cm³/mol. The van der Waals surface area contributed by atoms with Crippen LogP contribution in [-0.2, 0) is 9.53 Å². The summed E-state index contributed by atoms with van der Waals surface area (Å²) in [5.41, 5.74) is -1.10. The van der Waals surface area contributed by atoms with Crippen LogP contribution in [0.2, 0.25) is 5.02 Å².